The van der Waals surface area contributed by atoms with Crippen LogP contribution in [-0.4, -0.2) is 71.0 Å². The summed E-state index contributed by atoms with van der Waals surface area (Å²) in [6.45, 7) is 20.0. The fourth-order valence-corrected chi connectivity index (χ4v) is 8.33. The first-order chi connectivity index (χ1) is 24.7. The zero-order chi connectivity index (χ0) is 38.5. The highest BCUT2D eigenvalue weighted by Crippen LogP contribution is 2.43. The predicted octanol–water partition coefficient (Wildman–Crippen LogP) is 7.11. The van der Waals surface area contributed by atoms with Crippen LogP contribution in [0.15, 0.2) is 59.8 Å². The summed E-state index contributed by atoms with van der Waals surface area (Å²) in [5.41, 5.74) is 2.74. The van der Waals surface area contributed by atoms with Crippen LogP contribution in [0.2, 0.25) is 0 Å². The summed E-state index contributed by atoms with van der Waals surface area (Å²) in [5, 5.41) is 3.22. The van der Waals surface area contributed by atoms with E-state index in [2.05, 4.69) is 67.5 Å². The van der Waals surface area contributed by atoms with Gasteiger partial charge in [-0.2, -0.15) is 8.42 Å². The van der Waals surface area contributed by atoms with Gasteiger partial charge in [-0.15, -0.1) is 0 Å². The summed E-state index contributed by atoms with van der Waals surface area (Å²) >= 11 is 0. The van der Waals surface area contributed by atoms with Crippen LogP contribution in [0.4, 0.5) is 16.4 Å². The lowest BCUT2D eigenvalue weighted by atomic mass is 9.83. The van der Waals surface area contributed by atoms with E-state index in [1.54, 1.807) is 29.2 Å². The highest BCUT2D eigenvalue weighted by atomic mass is 32.2. The zero-order valence-corrected chi connectivity index (χ0v) is 33.2. The molecule has 0 radical (unpaired) electrons. The molecule has 6 heterocycles. The predicted molar refractivity (Wildman–Crippen MR) is 206 cm³/mol. The highest BCUT2D eigenvalue weighted by Gasteiger charge is 2.43. The van der Waals surface area contributed by atoms with E-state index in [1.165, 1.54) is 6.07 Å². The van der Waals surface area contributed by atoms with Gasteiger partial charge in [0.15, 0.2) is 5.03 Å². The summed E-state index contributed by atoms with van der Waals surface area (Å²) < 4.78 is 35.1. The van der Waals surface area contributed by atoms with Crippen LogP contribution in [0, 0.1) is 11.8 Å². The molecule has 3 aromatic rings. The minimum atomic E-state index is -4.33. The van der Waals surface area contributed by atoms with Crippen molar-refractivity contribution in [2.75, 3.05) is 29.9 Å². The minimum absolute atomic E-state index is 0.207. The molecule has 2 N–H and O–H groups in total. The molecule has 53 heavy (non-hydrogen) atoms. The Labute approximate surface area is 313 Å². The van der Waals surface area contributed by atoms with E-state index >= 15 is 0 Å². The Balaban J connectivity index is 1.33. The number of pyridine rings is 3. The summed E-state index contributed by atoms with van der Waals surface area (Å²) in [4.78, 5) is 44.7. The Bertz CT molecular complexity index is 2020. The van der Waals surface area contributed by atoms with E-state index < -0.39 is 21.5 Å². The van der Waals surface area contributed by atoms with Gasteiger partial charge >= 0.3 is 6.09 Å². The molecule has 4 bridgehead atoms. The molecule has 1 unspecified atom stereocenters. The third-order valence-electron chi connectivity index (χ3n) is 10.4. The van der Waals surface area contributed by atoms with E-state index in [9.17, 15) is 18.0 Å². The van der Waals surface area contributed by atoms with Crippen molar-refractivity contribution < 1.29 is 22.7 Å². The van der Waals surface area contributed by atoms with E-state index in [4.69, 9.17) is 14.7 Å². The minimum Gasteiger partial charge on any atom is -0.444 e. The van der Waals surface area contributed by atoms with Gasteiger partial charge < -0.3 is 19.9 Å². The number of ether oxygens (including phenoxy) is 1. The molecule has 1 saturated heterocycles. The van der Waals surface area contributed by atoms with Gasteiger partial charge in [-0.3, -0.25) is 9.78 Å². The second kappa shape index (κ2) is 14.0. The molecular formula is C40H53N7O5S. The summed E-state index contributed by atoms with van der Waals surface area (Å²) in [7, 11) is -4.33. The number of rotatable bonds is 2. The van der Waals surface area contributed by atoms with Crippen LogP contribution >= 0.6 is 0 Å². The Hall–Kier alpha value is -4.52. The summed E-state index contributed by atoms with van der Waals surface area (Å²) in [6.07, 6.45) is 5.84. The molecule has 12 nitrogen and oxygen atoms in total. The quantitative estimate of drug-likeness (QED) is 0.278. The maximum atomic E-state index is 13.8. The van der Waals surface area contributed by atoms with Crippen LogP contribution in [0.5, 0.6) is 0 Å². The van der Waals surface area contributed by atoms with Crippen LogP contribution < -0.4 is 14.9 Å². The second-order valence-electron chi connectivity index (χ2n) is 17.3. The Morgan fingerprint density at radius 1 is 1.02 bits per heavy atom. The van der Waals surface area contributed by atoms with Crippen molar-refractivity contribution in [3.63, 3.8) is 0 Å². The molecule has 3 atom stereocenters. The number of hydrogen-bond donors (Lipinski definition) is 2. The standard InChI is InChI=1S/C40H53N7O5S/c1-25-21-31(30-15-13-27(23-41-30)26-17-19-46(20-18-26)37(49)52-39(5,6)7)42-33-11-10-12-34(44-33)53(50,51)45-36(48)29-14-16-32(38(2,3)4)43-35(29)47-24-28(25)22-40(47,8)9/h10-17,23,25,28,31H,18-22,24H2,1-9H3,(H,42,44)(H,45,48)/t25-,28-,31?/m0/s1. The molecule has 0 spiro atoms. The number of sulfonamides is 1. The van der Waals surface area contributed by atoms with Gasteiger partial charge in [-0.25, -0.2) is 19.5 Å². The van der Waals surface area contributed by atoms with Crippen molar-refractivity contribution in [2.24, 2.45) is 11.8 Å². The molecule has 0 saturated carbocycles. The Morgan fingerprint density at radius 2 is 1.77 bits per heavy atom. The second-order valence-corrected chi connectivity index (χ2v) is 18.9. The monoisotopic (exact) mass is 743 g/mol. The van der Waals surface area contributed by atoms with Gasteiger partial charge in [0.05, 0.1) is 17.3 Å². The Morgan fingerprint density at radius 3 is 2.42 bits per heavy atom. The SMILES string of the molecule is C[C@H]1CC(c2ccc(C3=CCN(C(=O)OC(C)(C)C)CC3)cn2)Nc2cccc(n2)S(=O)(=O)NC(=O)c2ccc(C(C)(C)C)nc2N2C[C@@H]1CC2(C)C. The summed E-state index contributed by atoms with van der Waals surface area (Å²) in [6, 6.07) is 12.0. The fraction of sp³-hybridized carbons (Fsp3) is 0.525. The molecule has 3 aliphatic rings. The lowest BCUT2D eigenvalue weighted by molar-refractivity contribution is 0.0270. The zero-order valence-electron chi connectivity index (χ0n) is 32.4. The summed E-state index contributed by atoms with van der Waals surface area (Å²) in [5.74, 6) is 0.555. The molecule has 0 aliphatic carbocycles. The number of fused-ring (bicyclic) bond motifs is 6. The van der Waals surface area contributed by atoms with Gasteiger partial charge in [-0.1, -0.05) is 45.9 Å². The first kappa shape index (κ1) is 38.2. The number of aromatic nitrogens is 3. The normalized spacial score (nSPS) is 23.1. The van der Waals surface area contributed by atoms with Crippen molar-refractivity contribution in [3.8, 4) is 0 Å². The third-order valence-corrected chi connectivity index (χ3v) is 11.6. The number of nitrogens with one attached hydrogen (secondary N) is 2. The van der Waals surface area contributed by atoms with Crippen molar-refractivity contribution >= 4 is 39.2 Å². The molecule has 0 aromatic carbocycles. The van der Waals surface area contributed by atoms with Crippen LogP contribution in [0.1, 0.15) is 115 Å². The molecule has 3 aromatic heterocycles. The van der Waals surface area contributed by atoms with Crippen molar-refractivity contribution in [1.29, 1.82) is 0 Å². The lowest BCUT2D eigenvalue weighted by Crippen LogP contribution is -2.41. The third kappa shape index (κ3) is 8.50. The number of hydrogen-bond acceptors (Lipinski definition) is 10. The number of carbonyl (C=O) groups is 2. The molecule has 6 rings (SSSR count). The lowest BCUT2D eigenvalue weighted by Gasteiger charge is -2.34. The topological polar surface area (TPSA) is 147 Å². The molecule has 1 fully saturated rings. The van der Waals surface area contributed by atoms with Crippen molar-refractivity contribution in [3.05, 3.63) is 77.3 Å². The van der Waals surface area contributed by atoms with Crippen LogP contribution in [0.25, 0.3) is 5.57 Å². The van der Waals surface area contributed by atoms with E-state index in [0.717, 1.165) is 28.9 Å². The molecule has 2 amide bonds. The number of amides is 2. The van der Waals surface area contributed by atoms with E-state index in [-0.39, 0.29) is 45.5 Å². The van der Waals surface area contributed by atoms with E-state index in [0.29, 0.717) is 44.1 Å². The maximum absolute atomic E-state index is 13.8. The van der Waals surface area contributed by atoms with Crippen LogP contribution in [-0.2, 0) is 20.2 Å². The van der Waals surface area contributed by atoms with Gasteiger partial charge in [-0.05, 0) is 107 Å². The largest absolute Gasteiger partial charge is 0.444 e. The number of anilines is 2. The fourth-order valence-electron chi connectivity index (χ4n) is 7.40. The van der Waals surface area contributed by atoms with Gasteiger partial charge in [0.2, 0.25) is 0 Å². The van der Waals surface area contributed by atoms with Crippen molar-refractivity contribution in [1.82, 2.24) is 24.6 Å². The molecule has 13 heteroatoms. The molecule has 284 valence electrons. The van der Waals surface area contributed by atoms with Crippen LogP contribution in [0.3, 0.4) is 0 Å². The average molecular weight is 744 g/mol. The molecule has 3 aliphatic heterocycles. The number of nitrogens with zero attached hydrogens (tertiary/aromatic N) is 5. The smallest absolute Gasteiger partial charge is 0.410 e. The highest BCUT2D eigenvalue weighted by molar-refractivity contribution is 7.90. The molecular weight excluding hydrogens is 691 g/mol. The Kier molecular flexibility index (Phi) is 10.1. The number of carbonyl (C=O) groups excluding carboxylic acids is 2. The van der Waals surface area contributed by atoms with Crippen molar-refractivity contribution in [2.45, 2.75) is 109 Å². The maximum Gasteiger partial charge on any atom is 0.410 e. The first-order valence-corrected chi connectivity index (χ1v) is 19.9. The van der Waals surface area contributed by atoms with Gasteiger partial charge in [0.25, 0.3) is 15.9 Å². The van der Waals surface area contributed by atoms with Gasteiger partial charge in [0.1, 0.15) is 17.2 Å². The van der Waals surface area contributed by atoms with Gasteiger partial charge in [0, 0.05) is 42.5 Å². The van der Waals surface area contributed by atoms with E-state index in [1.807, 2.05) is 39.1 Å². The average Bonchev–Trinajstić information content (AvgIpc) is 3.41. The first-order valence-electron chi connectivity index (χ1n) is 18.4.